The zero-order chi connectivity index (χ0) is 14.6. The van der Waals surface area contributed by atoms with Gasteiger partial charge in [0.2, 0.25) is 0 Å². The standard InChI is InChI=1S/C16H28N2O2/c1-3-14(2)15-6-4-5-7-16(15)20-13-12-19-11-10-18-9-8-17/h4-7,14,18H,3,8-13,17H2,1-2H3/t14-/m1/s1. The molecule has 1 atom stereocenters. The highest BCUT2D eigenvalue weighted by atomic mass is 16.5. The Balaban J connectivity index is 2.22. The van der Waals surface area contributed by atoms with Crippen LogP contribution in [0.1, 0.15) is 31.7 Å². The van der Waals surface area contributed by atoms with Crippen molar-refractivity contribution >= 4 is 0 Å². The molecule has 0 saturated carbocycles. The monoisotopic (exact) mass is 280 g/mol. The van der Waals surface area contributed by atoms with Crippen LogP contribution >= 0.6 is 0 Å². The fourth-order valence-electron chi connectivity index (χ4n) is 1.92. The molecule has 0 bridgehead atoms. The van der Waals surface area contributed by atoms with Gasteiger partial charge in [0, 0.05) is 19.6 Å². The highest BCUT2D eigenvalue weighted by Crippen LogP contribution is 2.28. The number of nitrogens with one attached hydrogen (secondary N) is 1. The average molecular weight is 280 g/mol. The van der Waals surface area contributed by atoms with Gasteiger partial charge in [-0.05, 0) is 24.0 Å². The summed E-state index contributed by atoms with van der Waals surface area (Å²) in [6.45, 7) is 8.64. The molecule has 0 aliphatic rings. The Morgan fingerprint density at radius 1 is 1.15 bits per heavy atom. The minimum absolute atomic E-state index is 0.521. The third-order valence-electron chi connectivity index (χ3n) is 3.29. The minimum atomic E-state index is 0.521. The molecule has 1 rings (SSSR count). The first-order chi connectivity index (χ1) is 9.79. The van der Waals surface area contributed by atoms with Crippen molar-refractivity contribution in [1.82, 2.24) is 5.32 Å². The first-order valence-electron chi connectivity index (χ1n) is 7.49. The van der Waals surface area contributed by atoms with Crippen LogP contribution < -0.4 is 15.8 Å². The molecule has 4 nitrogen and oxygen atoms in total. The molecule has 114 valence electrons. The van der Waals surface area contributed by atoms with Crippen molar-refractivity contribution in [2.24, 2.45) is 5.73 Å². The summed E-state index contributed by atoms with van der Waals surface area (Å²) in [7, 11) is 0. The van der Waals surface area contributed by atoms with E-state index in [4.69, 9.17) is 15.2 Å². The Hall–Kier alpha value is -1.10. The zero-order valence-corrected chi connectivity index (χ0v) is 12.7. The number of nitrogens with two attached hydrogens (primary N) is 1. The lowest BCUT2D eigenvalue weighted by Gasteiger charge is -2.15. The molecule has 0 aliphatic carbocycles. The molecular formula is C16H28N2O2. The summed E-state index contributed by atoms with van der Waals surface area (Å²) in [5.41, 5.74) is 6.66. The van der Waals surface area contributed by atoms with Crippen LogP contribution in [0.15, 0.2) is 24.3 Å². The largest absolute Gasteiger partial charge is 0.491 e. The van der Waals surface area contributed by atoms with Crippen molar-refractivity contribution in [2.75, 3.05) is 39.5 Å². The van der Waals surface area contributed by atoms with E-state index in [1.807, 2.05) is 12.1 Å². The summed E-state index contributed by atoms with van der Waals surface area (Å²) < 4.78 is 11.3. The summed E-state index contributed by atoms with van der Waals surface area (Å²) in [6, 6.07) is 8.25. The second-order valence-corrected chi connectivity index (χ2v) is 4.85. The smallest absolute Gasteiger partial charge is 0.122 e. The summed E-state index contributed by atoms with van der Waals surface area (Å²) in [5.74, 6) is 1.50. The van der Waals surface area contributed by atoms with E-state index in [2.05, 4.69) is 31.3 Å². The normalized spacial score (nSPS) is 12.3. The van der Waals surface area contributed by atoms with Crippen molar-refractivity contribution in [1.29, 1.82) is 0 Å². The Morgan fingerprint density at radius 3 is 2.70 bits per heavy atom. The molecule has 0 fully saturated rings. The van der Waals surface area contributed by atoms with Gasteiger partial charge in [-0.3, -0.25) is 0 Å². The van der Waals surface area contributed by atoms with E-state index < -0.39 is 0 Å². The lowest BCUT2D eigenvalue weighted by Crippen LogP contribution is -2.26. The molecule has 0 amide bonds. The molecule has 0 aliphatic heterocycles. The van der Waals surface area contributed by atoms with Crippen molar-refractivity contribution in [3.63, 3.8) is 0 Å². The molecule has 0 spiro atoms. The molecule has 20 heavy (non-hydrogen) atoms. The first-order valence-corrected chi connectivity index (χ1v) is 7.49. The van der Waals surface area contributed by atoms with Gasteiger partial charge in [-0.25, -0.2) is 0 Å². The maximum absolute atomic E-state index is 5.82. The van der Waals surface area contributed by atoms with E-state index in [9.17, 15) is 0 Å². The number of hydrogen-bond donors (Lipinski definition) is 2. The van der Waals surface area contributed by atoms with Crippen LogP contribution in [0, 0.1) is 0 Å². The van der Waals surface area contributed by atoms with Crippen molar-refractivity contribution in [2.45, 2.75) is 26.2 Å². The highest BCUT2D eigenvalue weighted by Gasteiger charge is 2.08. The molecule has 1 aromatic rings. The van der Waals surface area contributed by atoms with Gasteiger partial charge in [0.05, 0.1) is 13.2 Å². The summed E-state index contributed by atoms with van der Waals surface area (Å²) in [4.78, 5) is 0. The van der Waals surface area contributed by atoms with Crippen molar-refractivity contribution in [3.05, 3.63) is 29.8 Å². The van der Waals surface area contributed by atoms with Gasteiger partial charge in [-0.1, -0.05) is 32.0 Å². The van der Waals surface area contributed by atoms with Crippen molar-refractivity contribution < 1.29 is 9.47 Å². The predicted octanol–water partition coefficient (Wildman–Crippen LogP) is 2.14. The SMILES string of the molecule is CC[C@@H](C)c1ccccc1OCCOCCNCCN. The zero-order valence-electron chi connectivity index (χ0n) is 12.7. The third kappa shape index (κ3) is 6.37. The van der Waals surface area contributed by atoms with Crippen LogP contribution in [-0.4, -0.2) is 39.5 Å². The van der Waals surface area contributed by atoms with E-state index in [0.717, 1.165) is 25.3 Å². The van der Waals surface area contributed by atoms with Crippen LogP contribution in [0.25, 0.3) is 0 Å². The third-order valence-corrected chi connectivity index (χ3v) is 3.29. The van der Waals surface area contributed by atoms with E-state index in [1.165, 1.54) is 5.56 Å². The number of benzene rings is 1. The Bertz CT molecular complexity index is 358. The molecule has 0 aromatic heterocycles. The summed E-state index contributed by atoms with van der Waals surface area (Å²) in [6.07, 6.45) is 1.11. The fourth-order valence-corrected chi connectivity index (χ4v) is 1.92. The molecular weight excluding hydrogens is 252 g/mol. The van der Waals surface area contributed by atoms with Crippen molar-refractivity contribution in [3.8, 4) is 5.75 Å². The Morgan fingerprint density at radius 2 is 1.95 bits per heavy atom. The van der Waals surface area contributed by atoms with Gasteiger partial charge in [0.25, 0.3) is 0 Å². The summed E-state index contributed by atoms with van der Waals surface area (Å²) in [5, 5.41) is 3.18. The molecule has 4 heteroatoms. The molecule has 1 aromatic carbocycles. The molecule has 0 saturated heterocycles. The number of hydrogen-bond acceptors (Lipinski definition) is 4. The average Bonchev–Trinajstić information content (AvgIpc) is 2.49. The van der Waals surface area contributed by atoms with E-state index in [1.54, 1.807) is 0 Å². The topological polar surface area (TPSA) is 56.5 Å². The van der Waals surface area contributed by atoms with Gasteiger partial charge in [0.15, 0.2) is 0 Å². The molecule has 0 unspecified atom stereocenters. The predicted molar refractivity (Wildman–Crippen MR) is 83.4 cm³/mol. The first kappa shape index (κ1) is 17.0. The second kappa shape index (κ2) is 10.7. The second-order valence-electron chi connectivity index (χ2n) is 4.85. The number of rotatable bonds is 11. The van der Waals surface area contributed by atoms with Crippen LogP contribution in [0.3, 0.4) is 0 Å². The van der Waals surface area contributed by atoms with Gasteiger partial charge in [-0.15, -0.1) is 0 Å². The maximum Gasteiger partial charge on any atom is 0.122 e. The summed E-state index contributed by atoms with van der Waals surface area (Å²) >= 11 is 0. The van der Waals surface area contributed by atoms with Crippen LogP contribution in [0.2, 0.25) is 0 Å². The van der Waals surface area contributed by atoms with Gasteiger partial charge in [-0.2, -0.15) is 0 Å². The van der Waals surface area contributed by atoms with Crippen LogP contribution in [0.4, 0.5) is 0 Å². The minimum Gasteiger partial charge on any atom is -0.491 e. The molecule has 0 radical (unpaired) electrons. The highest BCUT2D eigenvalue weighted by molar-refractivity contribution is 5.35. The Kier molecular flexibility index (Phi) is 9.04. The fraction of sp³-hybridized carbons (Fsp3) is 0.625. The maximum atomic E-state index is 5.82. The van der Waals surface area contributed by atoms with Gasteiger partial charge >= 0.3 is 0 Å². The van der Waals surface area contributed by atoms with Gasteiger partial charge < -0.3 is 20.5 Å². The molecule has 3 N–H and O–H groups in total. The van der Waals surface area contributed by atoms with E-state index in [0.29, 0.717) is 32.3 Å². The van der Waals surface area contributed by atoms with E-state index >= 15 is 0 Å². The van der Waals surface area contributed by atoms with Gasteiger partial charge in [0.1, 0.15) is 12.4 Å². The number of para-hydroxylation sites is 1. The molecule has 0 heterocycles. The number of ether oxygens (including phenoxy) is 2. The lowest BCUT2D eigenvalue weighted by molar-refractivity contribution is 0.101. The van der Waals surface area contributed by atoms with Crippen LogP contribution in [-0.2, 0) is 4.74 Å². The lowest BCUT2D eigenvalue weighted by atomic mass is 9.98. The van der Waals surface area contributed by atoms with E-state index in [-0.39, 0.29) is 0 Å². The van der Waals surface area contributed by atoms with Crippen LogP contribution in [0.5, 0.6) is 5.75 Å². The quantitative estimate of drug-likeness (QED) is 0.610. The Labute approximate surface area is 122 Å².